The molecular formula is C19H31ClN2O3. The van der Waals surface area contributed by atoms with E-state index < -0.39 is 0 Å². The number of piperidine rings is 1. The molecule has 1 aliphatic heterocycles. The number of carbonyl (C=O) groups is 1. The van der Waals surface area contributed by atoms with Crippen LogP contribution in [0.15, 0.2) is 24.3 Å². The number of nitrogens with one attached hydrogen (secondary N) is 2. The zero-order valence-electron chi connectivity index (χ0n) is 15.5. The van der Waals surface area contributed by atoms with Gasteiger partial charge in [-0.3, -0.25) is 4.79 Å². The molecule has 1 amide bonds. The fourth-order valence-electron chi connectivity index (χ4n) is 3.31. The van der Waals surface area contributed by atoms with E-state index in [0.29, 0.717) is 19.1 Å². The first-order chi connectivity index (χ1) is 11.6. The van der Waals surface area contributed by atoms with Gasteiger partial charge in [-0.2, -0.15) is 0 Å². The Labute approximate surface area is 157 Å². The van der Waals surface area contributed by atoms with Crippen LogP contribution < -0.4 is 15.4 Å². The van der Waals surface area contributed by atoms with Crippen LogP contribution in [-0.4, -0.2) is 46.4 Å². The van der Waals surface area contributed by atoms with Gasteiger partial charge in [0.05, 0.1) is 19.1 Å². The van der Waals surface area contributed by atoms with Crippen LogP contribution in [0.2, 0.25) is 0 Å². The summed E-state index contributed by atoms with van der Waals surface area (Å²) >= 11 is 0. The van der Waals surface area contributed by atoms with Crippen LogP contribution in [0.25, 0.3) is 0 Å². The van der Waals surface area contributed by atoms with E-state index in [2.05, 4.69) is 29.7 Å². The normalized spacial score (nSPS) is 17.2. The molecule has 1 unspecified atom stereocenters. The lowest BCUT2D eigenvalue weighted by Gasteiger charge is -2.35. The first kappa shape index (κ1) is 21.7. The molecule has 142 valence electrons. The summed E-state index contributed by atoms with van der Waals surface area (Å²) in [5.41, 5.74) is 0.891. The molecule has 0 saturated carbocycles. The molecule has 0 bridgehead atoms. The van der Waals surface area contributed by atoms with Gasteiger partial charge >= 0.3 is 0 Å². The van der Waals surface area contributed by atoms with Crippen LogP contribution in [0.4, 0.5) is 0 Å². The molecule has 1 fully saturated rings. The summed E-state index contributed by atoms with van der Waals surface area (Å²) in [6, 6.07) is 8.13. The van der Waals surface area contributed by atoms with Crippen molar-refractivity contribution in [3.63, 3.8) is 0 Å². The lowest BCUT2D eigenvalue weighted by atomic mass is 9.78. The molecule has 0 radical (unpaired) electrons. The maximum absolute atomic E-state index is 12.7. The van der Waals surface area contributed by atoms with Crippen LogP contribution >= 0.6 is 12.4 Å². The first-order valence-electron chi connectivity index (χ1n) is 8.73. The molecule has 0 aliphatic carbocycles. The predicted octanol–water partition coefficient (Wildman–Crippen LogP) is 2.74. The second kappa shape index (κ2) is 10.6. The number of rotatable bonds is 8. The number of benzene rings is 1. The first-order valence-corrected chi connectivity index (χ1v) is 8.73. The third kappa shape index (κ3) is 5.87. The summed E-state index contributed by atoms with van der Waals surface area (Å²) in [5, 5.41) is 6.44. The van der Waals surface area contributed by atoms with Crippen molar-refractivity contribution in [3.8, 4) is 5.75 Å². The molecule has 1 aliphatic rings. The highest BCUT2D eigenvalue weighted by Crippen LogP contribution is 2.29. The molecule has 2 rings (SSSR count). The quantitative estimate of drug-likeness (QED) is 0.738. The minimum atomic E-state index is -0.372. The number of amides is 1. The monoisotopic (exact) mass is 370 g/mol. The minimum Gasteiger partial charge on any atom is -0.497 e. The highest BCUT2D eigenvalue weighted by Gasteiger charge is 2.39. The van der Waals surface area contributed by atoms with Crippen molar-refractivity contribution < 1.29 is 14.3 Å². The van der Waals surface area contributed by atoms with Crippen LogP contribution in [0.3, 0.4) is 0 Å². The number of carbonyl (C=O) groups excluding carboxylic acids is 1. The van der Waals surface area contributed by atoms with Crippen LogP contribution in [0.5, 0.6) is 5.75 Å². The smallest absolute Gasteiger partial charge is 0.228 e. The van der Waals surface area contributed by atoms with E-state index >= 15 is 0 Å². The maximum atomic E-state index is 12.7. The third-order valence-corrected chi connectivity index (χ3v) is 5.01. The number of hydrogen-bond acceptors (Lipinski definition) is 4. The zero-order chi connectivity index (χ0) is 17.4. The van der Waals surface area contributed by atoms with Crippen molar-refractivity contribution in [1.29, 1.82) is 0 Å². The summed E-state index contributed by atoms with van der Waals surface area (Å²) in [5.74, 6) is 1.39. The Kier molecular flexibility index (Phi) is 9.25. The summed E-state index contributed by atoms with van der Waals surface area (Å²) in [6.07, 6.45) is 2.58. The molecule has 25 heavy (non-hydrogen) atoms. The Balaban J connectivity index is 0.00000312. The van der Waals surface area contributed by atoms with Gasteiger partial charge in [0.25, 0.3) is 0 Å². The largest absolute Gasteiger partial charge is 0.497 e. The molecule has 1 atom stereocenters. The van der Waals surface area contributed by atoms with Gasteiger partial charge in [0.15, 0.2) is 0 Å². The topological polar surface area (TPSA) is 59.6 Å². The number of hydrogen-bond donors (Lipinski definition) is 2. The van der Waals surface area contributed by atoms with Crippen LogP contribution in [0.1, 0.15) is 37.7 Å². The van der Waals surface area contributed by atoms with E-state index in [4.69, 9.17) is 9.47 Å². The number of ether oxygens (including phenoxy) is 2. The predicted molar refractivity (Wildman–Crippen MR) is 103 cm³/mol. The summed E-state index contributed by atoms with van der Waals surface area (Å²) in [6.45, 7) is 5.11. The molecule has 1 aromatic carbocycles. The standard InChI is InChI=1S/C19H30N2O3.ClH/c1-15(16-4-6-17(24-3)7-5-16)8-11-21-18(22)19(14-23-2)9-12-20-13-10-19;/h4-7,15,20H,8-14H2,1-3H3,(H,21,22);1H. The Hall–Kier alpha value is -1.30. The molecule has 0 spiro atoms. The Morgan fingerprint density at radius 3 is 2.44 bits per heavy atom. The third-order valence-electron chi connectivity index (χ3n) is 5.01. The van der Waals surface area contributed by atoms with E-state index in [9.17, 15) is 4.79 Å². The van der Waals surface area contributed by atoms with Gasteiger partial charge in [0.2, 0.25) is 5.91 Å². The van der Waals surface area contributed by atoms with E-state index in [1.165, 1.54) is 5.56 Å². The summed E-state index contributed by atoms with van der Waals surface area (Å²) in [7, 11) is 3.34. The zero-order valence-corrected chi connectivity index (χ0v) is 16.3. The lowest BCUT2D eigenvalue weighted by Crippen LogP contribution is -2.50. The molecule has 1 heterocycles. The molecule has 1 saturated heterocycles. The molecule has 1 aromatic rings. The van der Waals surface area contributed by atoms with Gasteiger partial charge in [-0.05, 0) is 56.0 Å². The van der Waals surface area contributed by atoms with Crippen molar-refractivity contribution in [3.05, 3.63) is 29.8 Å². The van der Waals surface area contributed by atoms with E-state index in [1.807, 2.05) is 12.1 Å². The van der Waals surface area contributed by atoms with Gasteiger partial charge in [-0.1, -0.05) is 19.1 Å². The highest BCUT2D eigenvalue weighted by atomic mass is 35.5. The van der Waals surface area contributed by atoms with E-state index in [-0.39, 0.29) is 23.7 Å². The Bertz CT molecular complexity index is 510. The van der Waals surface area contributed by atoms with E-state index in [0.717, 1.165) is 38.1 Å². The van der Waals surface area contributed by atoms with Gasteiger partial charge in [-0.15, -0.1) is 12.4 Å². The lowest BCUT2D eigenvalue weighted by molar-refractivity contribution is -0.136. The van der Waals surface area contributed by atoms with Crippen molar-refractivity contribution in [1.82, 2.24) is 10.6 Å². The van der Waals surface area contributed by atoms with Gasteiger partial charge in [0, 0.05) is 13.7 Å². The second-order valence-electron chi connectivity index (χ2n) is 6.68. The van der Waals surface area contributed by atoms with Crippen molar-refractivity contribution in [2.45, 2.75) is 32.1 Å². The maximum Gasteiger partial charge on any atom is 0.228 e. The number of methoxy groups -OCH3 is 2. The molecule has 6 heteroatoms. The molecule has 2 N–H and O–H groups in total. The van der Waals surface area contributed by atoms with Crippen molar-refractivity contribution >= 4 is 18.3 Å². The van der Waals surface area contributed by atoms with Crippen LogP contribution in [0, 0.1) is 5.41 Å². The molecular weight excluding hydrogens is 340 g/mol. The SMILES string of the molecule is COCC1(C(=O)NCCC(C)c2ccc(OC)cc2)CCNCC1.Cl. The van der Waals surface area contributed by atoms with Gasteiger partial charge < -0.3 is 20.1 Å². The minimum absolute atomic E-state index is 0. The fraction of sp³-hybridized carbons (Fsp3) is 0.632. The highest BCUT2D eigenvalue weighted by molar-refractivity contribution is 5.85. The van der Waals surface area contributed by atoms with Crippen LogP contribution in [-0.2, 0) is 9.53 Å². The Morgan fingerprint density at radius 2 is 1.88 bits per heavy atom. The van der Waals surface area contributed by atoms with Crippen molar-refractivity contribution in [2.24, 2.45) is 5.41 Å². The Morgan fingerprint density at radius 1 is 1.24 bits per heavy atom. The molecule has 0 aromatic heterocycles. The average Bonchev–Trinajstić information content (AvgIpc) is 2.62. The average molecular weight is 371 g/mol. The fourth-order valence-corrected chi connectivity index (χ4v) is 3.31. The van der Waals surface area contributed by atoms with E-state index in [1.54, 1.807) is 14.2 Å². The summed E-state index contributed by atoms with van der Waals surface area (Å²) in [4.78, 5) is 12.7. The van der Waals surface area contributed by atoms with Crippen molar-refractivity contribution in [2.75, 3.05) is 40.5 Å². The number of halogens is 1. The second-order valence-corrected chi connectivity index (χ2v) is 6.68. The van der Waals surface area contributed by atoms with Gasteiger partial charge in [-0.25, -0.2) is 0 Å². The summed E-state index contributed by atoms with van der Waals surface area (Å²) < 4.78 is 10.5. The van der Waals surface area contributed by atoms with Gasteiger partial charge in [0.1, 0.15) is 5.75 Å². The molecule has 5 nitrogen and oxygen atoms in total.